The summed E-state index contributed by atoms with van der Waals surface area (Å²) in [5.74, 6) is -0.0481. The van der Waals surface area contributed by atoms with Crippen LogP contribution in [-0.4, -0.2) is 70.7 Å². The van der Waals surface area contributed by atoms with Gasteiger partial charge in [-0.05, 0) is 25.1 Å². The fraction of sp³-hybridized carbons (Fsp3) is 0.318. The van der Waals surface area contributed by atoms with E-state index in [1.165, 1.54) is 21.7 Å². The van der Waals surface area contributed by atoms with Crippen LogP contribution in [0.2, 0.25) is 0 Å². The van der Waals surface area contributed by atoms with Gasteiger partial charge in [-0.25, -0.2) is 23.9 Å². The minimum Gasteiger partial charge on any atom is -0.386 e. The van der Waals surface area contributed by atoms with Crippen molar-refractivity contribution in [2.24, 2.45) is 0 Å². The number of amides is 1. The molecule has 1 atom stereocenters. The molecule has 0 radical (unpaired) electrons. The molecule has 2 N–H and O–H groups in total. The lowest BCUT2D eigenvalue weighted by Gasteiger charge is -2.43. The van der Waals surface area contributed by atoms with Crippen molar-refractivity contribution in [2.45, 2.75) is 25.0 Å². The zero-order valence-electron chi connectivity index (χ0n) is 17.8. The second-order valence-electron chi connectivity index (χ2n) is 8.79. The third kappa shape index (κ3) is 3.23. The van der Waals surface area contributed by atoms with E-state index in [0.717, 1.165) is 17.8 Å². The highest BCUT2D eigenvalue weighted by atomic mass is 19.1. The number of aromatic amines is 1. The number of nitrogens with zero attached hydrogens (tertiary/aromatic N) is 7. The van der Waals surface area contributed by atoms with Crippen LogP contribution < -0.4 is 4.90 Å². The summed E-state index contributed by atoms with van der Waals surface area (Å²) in [6.07, 6.45) is 7.08. The molecule has 0 aliphatic carbocycles. The Bertz CT molecular complexity index is 1350. The summed E-state index contributed by atoms with van der Waals surface area (Å²) in [5.41, 5.74) is 2.19. The van der Waals surface area contributed by atoms with Crippen molar-refractivity contribution < 1.29 is 14.3 Å². The fourth-order valence-electron chi connectivity index (χ4n) is 4.62. The van der Waals surface area contributed by atoms with Gasteiger partial charge in [0.25, 0.3) is 5.91 Å². The van der Waals surface area contributed by atoms with Gasteiger partial charge >= 0.3 is 0 Å². The second kappa shape index (κ2) is 7.07. The summed E-state index contributed by atoms with van der Waals surface area (Å²) < 4.78 is 15.8. The number of halogens is 1. The van der Waals surface area contributed by atoms with E-state index in [4.69, 9.17) is 0 Å². The molecule has 4 aromatic heterocycles. The first-order valence-electron chi connectivity index (χ1n) is 10.7. The molecule has 6 rings (SSSR count). The molecule has 1 fully saturated rings. The predicted octanol–water partition coefficient (Wildman–Crippen LogP) is 1.35. The summed E-state index contributed by atoms with van der Waals surface area (Å²) in [6.45, 7) is 2.86. The van der Waals surface area contributed by atoms with Gasteiger partial charge < -0.3 is 19.9 Å². The number of imidazole rings is 1. The van der Waals surface area contributed by atoms with Crippen molar-refractivity contribution in [3.8, 4) is 0 Å². The van der Waals surface area contributed by atoms with Crippen LogP contribution in [0.1, 0.15) is 40.5 Å². The maximum absolute atomic E-state index is 14.3. The van der Waals surface area contributed by atoms with Crippen molar-refractivity contribution in [1.82, 2.24) is 34.4 Å². The first-order valence-corrected chi connectivity index (χ1v) is 10.7. The number of pyridine rings is 1. The maximum atomic E-state index is 14.3. The molecule has 4 aromatic rings. The summed E-state index contributed by atoms with van der Waals surface area (Å²) in [5, 5.41) is 14.5. The van der Waals surface area contributed by atoms with Crippen LogP contribution in [0.15, 0.2) is 43.1 Å². The predicted molar refractivity (Wildman–Crippen MR) is 115 cm³/mol. The number of H-pyrrole nitrogens is 1. The number of hydrogen-bond donors (Lipinski definition) is 2. The molecule has 0 aromatic carbocycles. The summed E-state index contributed by atoms with van der Waals surface area (Å²) >= 11 is 0. The SMILES string of the molecule is CC1(O)CN(C(=O)c2cnc(N3CCc4[nH]cnc4[C@@H]3c3cc4c(F)cccn4n3)cn2)C1. The Morgan fingerprint density at radius 1 is 1.27 bits per heavy atom. The van der Waals surface area contributed by atoms with Crippen LogP contribution in [0.5, 0.6) is 0 Å². The highest BCUT2D eigenvalue weighted by Gasteiger charge is 2.40. The fourth-order valence-corrected chi connectivity index (χ4v) is 4.62. The molecule has 0 saturated carbocycles. The van der Waals surface area contributed by atoms with E-state index >= 15 is 0 Å². The zero-order chi connectivity index (χ0) is 22.7. The standard InChI is InChI=1S/C22H21FN8O2/c1-22(33)10-29(11-22)21(32)16-8-25-18(9-24-16)30-6-4-14-19(27-12-26-14)20(30)15-7-17-13(23)3-2-5-31(17)28-15/h2-3,5,7-9,12,20,33H,4,6,10-11H2,1H3,(H,26,27)/t20-/m0/s1. The Morgan fingerprint density at radius 2 is 2.12 bits per heavy atom. The Kier molecular flexibility index (Phi) is 4.24. The summed E-state index contributed by atoms with van der Waals surface area (Å²) in [6, 6.07) is 4.34. The van der Waals surface area contributed by atoms with Crippen molar-refractivity contribution >= 4 is 17.2 Å². The smallest absolute Gasteiger partial charge is 0.274 e. The molecule has 1 saturated heterocycles. The Morgan fingerprint density at radius 3 is 2.85 bits per heavy atom. The molecule has 0 spiro atoms. The number of rotatable bonds is 3. The van der Waals surface area contributed by atoms with Gasteiger partial charge in [-0.15, -0.1) is 0 Å². The number of aromatic nitrogens is 6. The maximum Gasteiger partial charge on any atom is 0.274 e. The molecular formula is C22H21FN8O2. The van der Waals surface area contributed by atoms with Crippen molar-refractivity contribution in [2.75, 3.05) is 24.5 Å². The number of fused-ring (bicyclic) bond motifs is 2. The van der Waals surface area contributed by atoms with Crippen LogP contribution in [0.3, 0.4) is 0 Å². The van der Waals surface area contributed by atoms with Crippen LogP contribution >= 0.6 is 0 Å². The van der Waals surface area contributed by atoms with Gasteiger partial charge in [0.15, 0.2) is 0 Å². The number of nitrogens with one attached hydrogen (secondary N) is 1. The molecule has 10 nitrogen and oxygen atoms in total. The van der Waals surface area contributed by atoms with Gasteiger partial charge in [0.1, 0.15) is 28.9 Å². The van der Waals surface area contributed by atoms with Crippen LogP contribution in [0.4, 0.5) is 10.2 Å². The van der Waals surface area contributed by atoms with E-state index in [-0.39, 0.29) is 36.5 Å². The van der Waals surface area contributed by atoms with Gasteiger partial charge in [-0.2, -0.15) is 5.10 Å². The summed E-state index contributed by atoms with van der Waals surface area (Å²) in [4.78, 5) is 32.7. The molecule has 6 heterocycles. The lowest BCUT2D eigenvalue weighted by atomic mass is 9.97. The largest absolute Gasteiger partial charge is 0.386 e. The second-order valence-corrected chi connectivity index (χ2v) is 8.79. The number of carbonyl (C=O) groups excluding carboxylic acids is 1. The van der Waals surface area contributed by atoms with Crippen LogP contribution in [-0.2, 0) is 6.42 Å². The van der Waals surface area contributed by atoms with Crippen LogP contribution in [0, 0.1) is 5.82 Å². The van der Waals surface area contributed by atoms with Crippen molar-refractivity contribution in [3.63, 3.8) is 0 Å². The number of β-amino-alcohol motifs (C(OH)–C–C–N with tert-alkyl or cyclic N) is 1. The highest BCUT2D eigenvalue weighted by molar-refractivity contribution is 5.92. The first-order chi connectivity index (χ1) is 15.9. The van der Waals surface area contributed by atoms with E-state index in [1.807, 2.05) is 4.90 Å². The van der Waals surface area contributed by atoms with Gasteiger partial charge in [0, 0.05) is 24.9 Å². The number of carbonyl (C=O) groups is 1. The number of anilines is 1. The number of hydrogen-bond acceptors (Lipinski definition) is 7. The minimum atomic E-state index is -0.848. The molecule has 33 heavy (non-hydrogen) atoms. The van der Waals surface area contributed by atoms with E-state index < -0.39 is 5.60 Å². The molecule has 11 heteroatoms. The number of likely N-dealkylation sites (tertiary alicyclic amines) is 1. The molecular weight excluding hydrogens is 427 g/mol. The Labute approximate surface area is 187 Å². The average molecular weight is 448 g/mol. The molecule has 0 bridgehead atoms. The minimum absolute atomic E-state index is 0.220. The van der Waals surface area contributed by atoms with Crippen LogP contribution in [0.25, 0.3) is 5.52 Å². The lowest BCUT2D eigenvalue weighted by Crippen LogP contribution is -2.61. The van der Waals surface area contributed by atoms with Gasteiger partial charge in [0.05, 0.1) is 48.8 Å². The average Bonchev–Trinajstić information content (AvgIpc) is 3.44. The van der Waals surface area contributed by atoms with Gasteiger partial charge in [0.2, 0.25) is 0 Å². The zero-order valence-corrected chi connectivity index (χ0v) is 17.8. The van der Waals surface area contributed by atoms with Crippen molar-refractivity contribution in [3.05, 3.63) is 71.7 Å². The molecule has 2 aliphatic rings. The molecule has 1 amide bonds. The normalized spacial score (nSPS) is 19.4. The summed E-state index contributed by atoms with van der Waals surface area (Å²) in [7, 11) is 0. The van der Waals surface area contributed by atoms with E-state index in [2.05, 4.69) is 25.0 Å². The van der Waals surface area contributed by atoms with E-state index in [9.17, 15) is 14.3 Å². The van der Waals surface area contributed by atoms with E-state index in [1.54, 1.807) is 37.8 Å². The Balaban J connectivity index is 1.35. The monoisotopic (exact) mass is 448 g/mol. The highest BCUT2D eigenvalue weighted by Crippen LogP contribution is 2.36. The van der Waals surface area contributed by atoms with E-state index in [0.29, 0.717) is 23.6 Å². The molecule has 168 valence electrons. The number of aliphatic hydroxyl groups is 1. The topological polar surface area (TPSA) is 116 Å². The quantitative estimate of drug-likeness (QED) is 0.486. The van der Waals surface area contributed by atoms with Gasteiger partial charge in [-0.3, -0.25) is 4.79 Å². The lowest BCUT2D eigenvalue weighted by molar-refractivity contribution is -0.0670. The Hall–Kier alpha value is -3.86. The third-order valence-corrected chi connectivity index (χ3v) is 6.18. The molecule has 2 aliphatic heterocycles. The first kappa shape index (κ1) is 19.8. The van der Waals surface area contributed by atoms with Gasteiger partial charge in [-0.1, -0.05) is 0 Å². The molecule has 0 unspecified atom stereocenters. The third-order valence-electron chi connectivity index (χ3n) is 6.18. The van der Waals surface area contributed by atoms with Crippen molar-refractivity contribution in [1.29, 1.82) is 0 Å².